The minimum absolute atomic E-state index is 0.454. The molecule has 0 aliphatic heterocycles. The van der Waals surface area contributed by atoms with Gasteiger partial charge in [0, 0.05) is 29.7 Å². The maximum Gasteiger partial charge on any atom is 0.119 e. The van der Waals surface area contributed by atoms with Gasteiger partial charge in [-0.05, 0) is 55.9 Å². The predicted molar refractivity (Wildman–Crippen MR) is 118 cm³/mol. The Hall–Kier alpha value is -2.59. The third-order valence-corrected chi connectivity index (χ3v) is 5.45. The lowest BCUT2D eigenvalue weighted by molar-refractivity contribution is 0.291. The van der Waals surface area contributed by atoms with Crippen molar-refractivity contribution in [2.24, 2.45) is 0 Å². The van der Waals surface area contributed by atoms with Crippen LogP contribution in [0.1, 0.15) is 31.7 Å². The number of rotatable bonds is 10. The average Bonchev–Trinajstić information content (AvgIpc) is 2.76. The van der Waals surface area contributed by atoms with Crippen LogP contribution in [-0.4, -0.2) is 43.2 Å². The van der Waals surface area contributed by atoms with Gasteiger partial charge in [-0.25, -0.2) is 0 Å². The van der Waals surface area contributed by atoms with Crippen LogP contribution in [-0.2, 0) is 0 Å². The summed E-state index contributed by atoms with van der Waals surface area (Å²) in [4.78, 5) is 6.97. The summed E-state index contributed by atoms with van der Waals surface area (Å²) in [5.74, 6) is 1.31. The van der Waals surface area contributed by atoms with E-state index < -0.39 is 0 Å². The molecule has 0 aliphatic carbocycles. The van der Waals surface area contributed by atoms with Gasteiger partial charge in [0.05, 0.1) is 12.6 Å². The van der Waals surface area contributed by atoms with Crippen LogP contribution in [0.15, 0.2) is 60.8 Å². The Bertz CT molecular complexity index is 862. The monoisotopic (exact) mass is 377 g/mol. The molecule has 1 unspecified atom stereocenters. The number of ether oxygens (including phenoxy) is 1. The van der Waals surface area contributed by atoms with Crippen LogP contribution in [0.4, 0.5) is 5.69 Å². The standard InChI is InChI=1S/C24H31N3O/c1-4-27(5-2)16-14-20(19-9-7-6-8-10-19)18-26-24-13-15-25-23-12-11-21(28-3)17-22(23)24/h6-13,15,17,20H,4-5,14,16,18H2,1-3H3,(H,25,26). The molecule has 2 aromatic carbocycles. The van der Waals surface area contributed by atoms with Crippen LogP contribution in [0.2, 0.25) is 0 Å². The zero-order valence-corrected chi connectivity index (χ0v) is 17.2. The number of methoxy groups -OCH3 is 1. The molecule has 3 rings (SSSR count). The first-order valence-corrected chi connectivity index (χ1v) is 10.2. The van der Waals surface area contributed by atoms with Crippen molar-refractivity contribution in [3.63, 3.8) is 0 Å². The van der Waals surface area contributed by atoms with Gasteiger partial charge in [-0.1, -0.05) is 44.2 Å². The molecule has 148 valence electrons. The first kappa shape index (κ1) is 20.2. The SMILES string of the molecule is CCN(CC)CCC(CNc1ccnc2ccc(OC)cc12)c1ccccc1. The molecule has 4 nitrogen and oxygen atoms in total. The molecule has 0 aliphatic rings. The van der Waals surface area contributed by atoms with Crippen molar-refractivity contribution in [3.05, 3.63) is 66.4 Å². The molecule has 0 fully saturated rings. The number of anilines is 1. The summed E-state index contributed by atoms with van der Waals surface area (Å²) in [5.41, 5.74) is 3.47. The number of fused-ring (bicyclic) bond motifs is 1. The molecule has 0 bridgehead atoms. The fourth-order valence-corrected chi connectivity index (χ4v) is 3.63. The van der Waals surface area contributed by atoms with E-state index in [9.17, 15) is 0 Å². The van der Waals surface area contributed by atoms with Crippen molar-refractivity contribution in [2.75, 3.05) is 38.6 Å². The molecular weight excluding hydrogens is 346 g/mol. The van der Waals surface area contributed by atoms with E-state index in [1.807, 2.05) is 24.4 Å². The van der Waals surface area contributed by atoms with Crippen molar-refractivity contribution in [3.8, 4) is 5.75 Å². The molecule has 4 heteroatoms. The number of hydrogen-bond acceptors (Lipinski definition) is 4. The molecule has 1 heterocycles. The predicted octanol–water partition coefficient (Wildman–Crippen LogP) is 5.17. The molecule has 0 saturated carbocycles. The Kier molecular flexibility index (Phi) is 7.26. The lowest BCUT2D eigenvalue weighted by Gasteiger charge is -2.24. The van der Waals surface area contributed by atoms with E-state index in [2.05, 4.69) is 65.4 Å². The minimum Gasteiger partial charge on any atom is -0.497 e. The molecular formula is C24H31N3O. The quantitative estimate of drug-likeness (QED) is 0.529. The average molecular weight is 378 g/mol. The molecule has 1 N–H and O–H groups in total. The highest BCUT2D eigenvalue weighted by molar-refractivity contribution is 5.92. The molecule has 1 atom stereocenters. The summed E-state index contributed by atoms with van der Waals surface area (Å²) in [6, 6.07) is 18.9. The Morgan fingerprint density at radius 2 is 1.82 bits per heavy atom. The number of nitrogens with zero attached hydrogens (tertiary/aromatic N) is 2. The van der Waals surface area contributed by atoms with Gasteiger partial charge < -0.3 is 15.0 Å². The van der Waals surface area contributed by atoms with Gasteiger partial charge in [-0.15, -0.1) is 0 Å². The summed E-state index contributed by atoms with van der Waals surface area (Å²) in [6.45, 7) is 8.66. The van der Waals surface area contributed by atoms with Crippen molar-refractivity contribution in [1.82, 2.24) is 9.88 Å². The minimum atomic E-state index is 0.454. The fraction of sp³-hybridized carbons (Fsp3) is 0.375. The van der Waals surface area contributed by atoms with E-state index in [0.29, 0.717) is 5.92 Å². The fourth-order valence-electron chi connectivity index (χ4n) is 3.63. The van der Waals surface area contributed by atoms with Gasteiger partial charge in [-0.3, -0.25) is 4.98 Å². The van der Waals surface area contributed by atoms with Gasteiger partial charge >= 0.3 is 0 Å². The molecule has 0 radical (unpaired) electrons. The molecule has 0 saturated heterocycles. The number of aromatic nitrogens is 1. The summed E-state index contributed by atoms with van der Waals surface area (Å²) in [5, 5.41) is 4.78. The van der Waals surface area contributed by atoms with E-state index >= 15 is 0 Å². The van der Waals surface area contributed by atoms with Crippen LogP contribution in [0.3, 0.4) is 0 Å². The molecule has 0 amide bonds. The van der Waals surface area contributed by atoms with Gasteiger partial charge in [0.15, 0.2) is 0 Å². The molecule has 28 heavy (non-hydrogen) atoms. The number of nitrogens with one attached hydrogen (secondary N) is 1. The second-order valence-corrected chi connectivity index (χ2v) is 7.05. The normalized spacial score (nSPS) is 12.3. The maximum absolute atomic E-state index is 5.40. The van der Waals surface area contributed by atoms with Crippen LogP contribution in [0.5, 0.6) is 5.75 Å². The van der Waals surface area contributed by atoms with E-state index in [1.165, 1.54) is 5.56 Å². The summed E-state index contributed by atoms with van der Waals surface area (Å²) in [6.07, 6.45) is 3.00. The maximum atomic E-state index is 5.40. The van der Waals surface area contributed by atoms with Crippen LogP contribution >= 0.6 is 0 Å². The lowest BCUT2D eigenvalue weighted by Crippen LogP contribution is -2.26. The zero-order valence-electron chi connectivity index (χ0n) is 17.2. The first-order valence-electron chi connectivity index (χ1n) is 10.2. The molecule has 0 spiro atoms. The Morgan fingerprint density at radius 3 is 2.54 bits per heavy atom. The van der Waals surface area contributed by atoms with Crippen LogP contribution < -0.4 is 10.1 Å². The third kappa shape index (κ3) is 5.02. The number of hydrogen-bond donors (Lipinski definition) is 1. The second-order valence-electron chi connectivity index (χ2n) is 7.05. The summed E-state index contributed by atoms with van der Waals surface area (Å²) in [7, 11) is 1.70. The van der Waals surface area contributed by atoms with E-state index in [0.717, 1.165) is 54.9 Å². The van der Waals surface area contributed by atoms with Crippen molar-refractivity contribution < 1.29 is 4.74 Å². The topological polar surface area (TPSA) is 37.4 Å². The highest BCUT2D eigenvalue weighted by atomic mass is 16.5. The first-order chi connectivity index (χ1) is 13.7. The number of benzene rings is 2. The second kappa shape index (κ2) is 10.1. The van der Waals surface area contributed by atoms with Crippen LogP contribution in [0, 0.1) is 0 Å². The zero-order chi connectivity index (χ0) is 19.8. The van der Waals surface area contributed by atoms with Gasteiger partial charge in [0.25, 0.3) is 0 Å². The summed E-state index contributed by atoms with van der Waals surface area (Å²) < 4.78 is 5.40. The third-order valence-electron chi connectivity index (χ3n) is 5.45. The summed E-state index contributed by atoms with van der Waals surface area (Å²) >= 11 is 0. The van der Waals surface area contributed by atoms with E-state index in [1.54, 1.807) is 7.11 Å². The van der Waals surface area contributed by atoms with E-state index in [-0.39, 0.29) is 0 Å². The molecule has 3 aromatic rings. The Balaban J connectivity index is 1.78. The van der Waals surface area contributed by atoms with Gasteiger partial charge in [0.2, 0.25) is 0 Å². The molecule has 1 aromatic heterocycles. The van der Waals surface area contributed by atoms with Crippen molar-refractivity contribution >= 4 is 16.6 Å². The number of pyridine rings is 1. The van der Waals surface area contributed by atoms with Gasteiger partial charge in [0.1, 0.15) is 5.75 Å². The van der Waals surface area contributed by atoms with Crippen LogP contribution in [0.25, 0.3) is 10.9 Å². The smallest absolute Gasteiger partial charge is 0.119 e. The van der Waals surface area contributed by atoms with Gasteiger partial charge in [-0.2, -0.15) is 0 Å². The largest absolute Gasteiger partial charge is 0.497 e. The Labute approximate surface area is 168 Å². The van der Waals surface area contributed by atoms with E-state index in [4.69, 9.17) is 4.74 Å². The lowest BCUT2D eigenvalue weighted by atomic mass is 9.95. The van der Waals surface area contributed by atoms with Crippen molar-refractivity contribution in [2.45, 2.75) is 26.2 Å². The van der Waals surface area contributed by atoms with Crippen molar-refractivity contribution in [1.29, 1.82) is 0 Å². The highest BCUT2D eigenvalue weighted by Gasteiger charge is 2.14. The Morgan fingerprint density at radius 1 is 1.04 bits per heavy atom. The highest BCUT2D eigenvalue weighted by Crippen LogP contribution is 2.27.